The van der Waals surface area contributed by atoms with E-state index < -0.39 is 0 Å². The molecule has 4 heteroatoms. The van der Waals surface area contributed by atoms with Crippen LogP contribution in [0.2, 0.25) is 0 Å². The maximum Gasteiger partial charge on any atom is 0.0991 e. The maximum absolute atomic E-state index is 8.47. The van der Waals surface area contributed by atoms with Crippen LogP contribution < -0.4 is 5.12 Å². The zero-order valence-corrected chi connectivity index (χ0v) is 5.60. The number of nitriles is 1. The summed E-state index contributed by atoms with van der Waals surface area (Å²) in [6.07, 6.45) is 0. The fourth-order valence-electron chi connectivity index (χ4n) is 0.793. The first kappa shape index (κ1) is 5.86. The van der Waals surface area contributed by atoms with Gasteiger partial charge >= 0.3 is 0 Å². The van der Waals surface area contributed by atoms with Crippen molar-refractivity contribution in [2.24, 2.45) is 10.4 Å². The third-order valence-corrected chi connectivity index (χ3v) is 1.41. The highest BCUT2D eigenvalue weighted by Gasteiger charge is 2.12. The molecule has 0 saturated heterocycles. The number of rotatable bonds is 1. The molecular weight excluding hydrogens is 140 g/mol. The van der Waals surface area contributed by atoms with E-state index >= 15 is 0 Å². The fourth-order valence-corrected chi connectivity index (χ4v) is 0.793. The average Bonchev–Trinajstić information content (AvgIpc) is 2.87. The van der Waals surface area contributed by atoms with Crippen molar-refractivity contribution in [2.45, 2.75) is 0 Å². The molecule has 1 aliphatic heterocycles. The van der Waals surface area contributed by atoms with Gasteiger partial charge in [0.05, 0.1) is 17.3 Å². The van der Waals surface area contributed by atoms with Gasteiger partial charge in [-0.2, -0.15) is 5.26 Å². The van der Waals surface area contributed by atoms with Gasteiger partial charge in [0.15, 0.2) is 0 Å². The Bertz CT molecular complexity index is 326. The lowest BCUT2D eigenvalue weighted by Crippen LogP contribution is -1.88. The SMILES string of the molecule is N#Cc1ccc(N2N=N2)cc1. The molecular formula is C7H4N4. The summed E-state index contributed by atoms with van der Waals surface area (Å²) in [6, 6.07) is 9.11. The largest absolute Gasteiger partial charge is 0.192 e. The van der Waals surface area contributed by atoms with Gasteiger partial charge in [-0.1, -0.05) is 0 Å². The van der Waals surface area contributed by atoms with Gasteiger partial charge in [-0.25, -0.2) is 0 Å². The number of benzene rings is 1. The van der Waals surface area contributed by atoms with Gasteiger partial charge in [0, 0.05) is 0 Å². The van der Waals surface area contributed by atoms with Gasteiger partial charge < -0.3 is 0 Å². The van der Waals surface area contributed by atoms with Crippen LogP contribution in [0.25, 0.3) is 0 Å². The van der Waals surface area contributed by atoms with E-state index in [2.05, 4.69) is 10.4 Å². The summed E-state index contributed by atoms with van der Waals surface area (Å²) >= 11 is 0. The van der Waals surface area contributed by atoms with Gasteiger partial charge in [0.1, 0.15) is 0 Å². The van der Waals surface area contributed by atoms with Crippen molar-refractivity contribution in [3.05, 3.63) is 29.8 Å². The quantitative estimate of drug-likeness (QED) is 0.601. The second-order valence-corrected chi connectivity index (χ2v) is 2.13. The molecule has 0 unspecified atom stereocenters. The van der Waals surface area contributed by atoms with E-state index in [0.29, 0.717) is 5.56 Å². The predicted octanol–water partition coefficient (Wildman–Crippen LogP) is 1.66. The van der Waals surface area contributed by atoms with Crippen molar-refractivity contribution >= 4 is 5.69 Å². The lowest BCUT2D eigenvalue weighted by atomic mass is 10.2. The zero-order chi connectivity index (χ0) is 7.68. The Morgan fingerprint density at radius 3 is 2.27 bits per heavy atom. The lowest BCUT2D eigenvalue weighted by molar-refractivity contribution is 1.25. The van der Waals surface area contributed by atoms with E-state index in [1.807, 2.05) is 6.07 Å². The minimum atomic E-state index is 0.649. The maximum atomic E-state index is 8.47. The van der Waals surface area contributed by atoms with Crippen LogP contribution in [0.15, 0.2) is 34.7 Å². The number of hydrogen-bond acceptors (Lipinski definition) is 4. The second-order valence-electron chi connectivity index (χ2n) is 2.13. The Labute approximate surface area is 63.3 Å². The van der Waals surface area contributed by atoms with Gasteiger partial charge in [0.25, 0.3) is 0 Å². The van der Waals surface area contributed by atoms with E-state index in [4.69, 9.17) is 5.26 Å². The van der Waals surface area contributed by atoms with E-state index in [9.17, 15) is 0 Å². The summed E-state index contributed by atoms with van der Waals surface area (Å²) in [4.78, 5) is 0. The topological polar surface area (TPSA) is 51.5 Å². The molecule has 4 nitrogen and oxygen atoms in total. The smallest absolute Gasteiger partial charge is 0.0991 e. The normalized spacial score (nSPS) is 12.8. The second kappa shape index (κ2) is 2.06. The Balaban J connectivity index is 2.28. The Morgan fingerprint density at radius 2 is 1.82 bits per heavy atom. The van der Waals surface area contributed by atoms with E-state index in [0.717, 1.165) is 5.69 Å². The van der Waals surface area contributed by atoms with Gasteiger partial charge in [-0.3, -0.25) is 0 Å². The molecule has 52 valence electrons. The van der Waals surface area contributed by atoms with Crippen molar-refractivity contribution in [1.82, 2.24) is 0 Å². The van der Waals surface area contributed by atoms with Crippen LogP contribution in [0.3, 0.4) is 0 Å². The third kappa shape index (κ3) is 1.03. The highest BCUT2D eigenvalue weighted by atomic mass is 15.9. The number of anilines is 1. The summed E-state index contributed by atoms with van der Waals surface area (Å²) in [6.45, 7) is 0. The van der Waals surface area contributed by atoms with Crippen molar-refractivity contribution in [3.8, 4) is 6.07 Å². The van der Waals surface area contributed by atoms with E-state index in [-0.39, 0.29) is 0 Å². The number of hydrogen-bond donors (Lipinski definition) is 0. The first-order chi connectivity index (χ1) is 5.40. The first-order valence-corrected chi connectivity index (χ1v) is 3.12. The van der Waals surface area contributed by atoms with Gasteiger partial charge in [0.2, 0.25) is 0 Å². The van der Waals surface area contributed by atoms with Crippen molar-refractivity contribution in [1.29, 1.82) is 5.26 Å². The van der Waals surface area contributed by atoms with Crippen molar-refractivity contribution in [3.63, 3.8) is 0 Å². The predicted molar refractivity (Wildman–Crippen MR) is 38.5 cm³/mol. The van der Waals surface area contributed by atoms with Crippen LogP contribution in [0.4, 0.5) is 5.69 Å². The molecule has 0 saturated carbocycles. The third-order valence-electron chi connectivity index (χ3n) is 1.41. The van der Waals surface area contributed by atoms with Gasteiger partial charge in [-0.05, 0) is 34.7 Å². The molecule has 0 bridgehead atoms. The molecule has 1 aliphatic rings. The average molecular weight is 144 g/mol. The van der Waals surface area contributed by atoms with Crippen molar-refractivity contribution < 1.29 is 0 Å². The van der Waals surface area contributed by atoms with E-state index in [1.165, 1.54) is 5.12 Å². The van der Waals surface area contributed by atoms with Crippen LogP contribution in [-0.4, -0.2) is 0 Å². The molecule has 0 spiro atoms. The lowest BCUT2D eigenvalue weighted by Gasteiger charge is -1.94. The highest BCUT2D eigenvalue weighted by Crippen LogP contribution is 2.22. The zero-order valence-electron chi connectivity index (χ0n) is 5.60. The molecule has 0 amide bonds. The minimum Gasteiger partial charge on any atom is -0.192 e. The summed E-state index contributed by atoms with van der Waals surface area (Å²) < 4.78 is 0. The monoisotopic (exact) mass is 144 g/mol. The Morgan fingerprint density at radius 1 is 1.18 bits per heavy atom. The minimum absolute atomic E-state index is 0.649. The van der Waals surface area contributed by atoms with Gasteiger partial charge in [-0.15, -0.1) is 5.12 Å². The van der Waals surface area contributed by atoms with Crippen molar-refractivity contribution in [2.75, 3.05) is 5.12 Å². The molecule has 0 fully saturated rings. The molecule has 2 rings (SSSR count). The van der Waals surface area contributed by atoms with Crippen LogP contribution in [0.1, 0.15) is 5.56 Å². The number of nitrogens with zero attached hydrogens (tertiary/aromatic N) is 4. The summed E-state index contributed by atoms with van der Waals surface area (Å²) in [5.41, 5.74) is 1.54. The first-order valence-electron chi connectivity index (χ1n) is 3.12. The molecule has 1 heterocycles. The molecule has 11 heavy (non-hydrogen) atoms. The van der Waals surface area contributed by atoms with E-state index in [1.54, 1.807) is 24.3 Å². The standard InChI is InChI=1S/C7H4N4/c8-5-6-1-3-7(4-2-6)11-9-10-11/h1-4H. The molecule has 0 aromatic heterocycles. The van der Waals surface area contributed by atoms with Crippen LogP contribution in [-0.2, 0) is 0 Å². The molecule has 1 aromatic carbocycles. The Kier molecular flexibility index (Phi) is 1.10. The molecule has 0 N–H and O–H groups in total. The Hall–Kier alpha value is -1.89. The molecule has 0 atom stereocenters. The molecule has 1 aromatic rings. The van der Waals surface area contributed by atoms with Crippen LogP contribution >= 0.6 is 0 Å². The highest BCUT2D eigenvalue weighted by molar-refractivity contribution is 5.49. The fraction of sp³-hybridized carbons (Fsp3) is 0. The summed E-state index contributed by atoms with van der Waals surface area (Å²) in [7, 11) is 0. The molecule has 0 radical (unpaired) electrons. The molecule has 0 aliphatic carbocycles. The van der Waals surface area contributed by atoms with Crippen LogP contribution in [0, 0.1) is 11.3 Å². The summed E-state index contributed by atoms with van der Waals surface area (Å²) in [5, 5.41) is 17.2. The summed E-state index contributed by atoms with van der Waals surface area (Å²) in [5.74, 6) is 0. The van der Waals surface area contributed by atoms with Crippen LogP contribution in [0.5, 0.6) is 0 Å².